The van der Waals surface area contributed by atoms with Crippen molar-refractivity contribution in [1.82, 2.24) is 10.2 Å². The zero-order chi connectivity index (χ0) is 18.7. The molecule has 2 aliphatic heterocycles. The van der Waals surface area contributed by atoms with Gasteiger partial charge in [-0.3, -0.25) is 9.59 Å². The summed E-state index contributed by atoms with van der Waals surface area (Å²) in [6.45, 7) is 9.57. The quantitative estimate of drug-likeness (QED) is 0.829. The monoisotopic (exact) mass is 358 g/mol. The Morgan fingerprint density at radius 1 is 1.35 bits per heavy atom. The second kappa shape index (κ2) is 7.91. The van der Waals surface area contributed by atoms with E-state index in [1.807, 2.05) is 13.0 Å². The maximum absolute atomic E-state index is 13.0. The van der Waals surface area contributed by atoms with E-state index < -0.39 is 6.10 Å². The van der Waals surface area contributed by atoms with Gasteiger partial charge in [0.25, 0.3) is 5.91 Å². The molecule has 0 aliphatic carbocycles. The first kappa shape index (κ1) is 18.5. The molecule has 2 aliphatic rings. The topological polar surface area (TPSA) is 67.9 Å². The Kier molecular flexibility index (Phi) is 5.61. The van der Waals surface area contributed by atoms with Gasteiger partial charge >= 0.3 is 0 Å². The number of carbonyl (C=O) groups excluding carboxylic acids is 2. The Morgan fingerprint density at radius 2 is 2.12 bits per heavy atom. The molecule has 3 rings (SSSR count). The number of amides is 2. The summed E-state index contributed by atoms with van der Waals surface area (Å²) in [6.07, 6.45) is 1.90. The van der Waals surface area contributed by atoms with Crippen molar-refractivity contribution in [3.8, 4) is 5.75 Å². The minimum atomic E-state index is -0.479. The van der Waals surface area contributed by atoms with Crippen LogP contribution < -0.4 is 10.1 Å². The summed E-state index contributed by atoms with van der Waals surface area (Å²) in [7, 11) is 0. The molecule has 2 unspecified atom stereocenters. The van der Waals surface area contributed by atoms with E-state index in [9.17, 15) is 9.59 Å². The second-order valence-corrected chi connectivity index (χ2v) is 6.93. The highest BCUT2D eigenvalue weighted by atomic mass is 16.5. The van der Waals surface area contributed by atoms with Gasteiger partial charge in [-0.05, 0) is 49.1 Å². The highest BCUT2D eigenvalue weighted by Gasteiger charge is 2.34. The zero-order valence-corrected chi connectivity index (χ0v) is 15.4. The van der Waals surface area contributed by atoms with Gasteiger partial charge in [0.15, 0.2) is 6.10 Å². The van der Waals surface area contributed by atoms with Gasteiger partial charge in [-0.1, -0.05) is 12.6 Å². The largest absolute Gasteiger partial charge is 0.480 e. The number of benzene rings is 1. The summed E-state index contributed by atoms with van der Waals surface area (Å²) >= 11 is 0. The Morgan fingerprint density at radius 3 is 2.88 bits per heavy atom. The predicted molar refractivity (Wildman–Crippen MR) is 98.2 cm³/mol. The van der Waals surface area contributed by atoms with Crippen LogP contribution in [-0.2, 0) is 20.7 Å². The zero-order valence-electron chi connectivity index (χ0n) is 15.4. The van der Waals surface area contributed by atoms with E-state index >= 15 is 0 Å². The lowest BCUT2D eigenvalue weighted by Crippen LogP contribution is -2.46. The fourth-order valence-corrected chi connectivity index (χ4v) is 3.36. The Balaban J connectivity index is 1.63. The number of aryl methyl sites for hydroxylation is 2. The van der Waals surface area contributed by atoms with E-state index in [2.05, 4.69) is 24.9 Å². The summed E-state index contributed by atoms with van der Waals surface area (Å²) in [6, 6.07) is 4.12. The molecular formula is C20H26N2O4. The summed E-state index contributed by atoms with van der Waals surface area (Å²) in [5.41, 5.74) is 3.46. The molecule has 26 heavy (non-hydrogen) atoms. The van der Waals surface area contributed by atoms with Gasteiger partial charge < -0.3 is 19.7 Å². The number of nitrogens with one attached hydrogen (secondary N) is 1. The third kappa shape index (κ3) is 4.07. The number of carbonyl (C=O) groups is 2. The second-order valence-electron chi connectivity index (χ2n) is 6.93. The lowest BCUT2D eigenvalue weighted by Gasteiger charge is -2.26. The fourth-order valence-electron chi connectivity index (χ4n) is 3.36. The summed E-state index contributed by atoms with van der Waals surface area (Å²) in [4.78, 5) is 26.1. The van der Waals surface area contributed by atoms with Crippen molar-refractivity contribution in [1.29, 1.82) is 0 Å². The molecule has 2 amide bonds. The molecule has 0 spiro atoms. The van der Waals surface area contributed by atoms with E-state index in [1.54, 1.807) is 4.90 Å². The number of ether oxygens (including phenoxy) is 2. The summed E-state index contributed by atoms with van der Waals surface area (Å²) < 4.78 is 11.7. The van der Waals surface area contributed by atoms with Crippen LogP contribution in [0.15, 0.2) is 24.8 Å². The molecule has 2 heterocycles. The smallest absolute Gasteiger partial charge is 0.264 e. The van der Waals surface area contributed by atoms with Gasteiger partial charge in [0.05, 0.1) is 6.10 Å². The number of hydrogen-bond acceptors (Lipinski definition) is 4. The molecule has 1 aromatic rings. The van der Waals surface area contributed by atoms with Gasteiger partial charge in [-0.15, -0.1) is 0 Å². The van der Waals surface area contributed by atoms with Crippen molar-refractivity contribution in [2.45, 2.75) is 38.9 Å². The van der Waals surface area contributed by atoms with Crippen LogP contribution in [0, 0.1) is 13.8 Å². The first-order valence-corrected chi connectivity index (χ1v) is 9.05. The maximum atomic E-state index is 13.0. The molecule has 6 nitrogen and oxygen atoms in total. The number of nitrogens with zero attached hydrogens (tertiary/aromatic N) is 1. The summed E-state index contributed by atoms with van der Waals surface area (Å²) in [5, 5.41) is 2.73. The van der Waals surface area contributed by atoms with E-state index in [4.69, 9.17) is 9.47 Å². The van der Waals surface area contributed by atoms with Gasteiger partial charge in [0, 0.05) is 32.7 Å². The SMILES string of the molecule is C=CC(=O)NCC1CN(C(=O)C2Cc3cc(C)c(C)cc3O2)CCCO1. The molecule has 1 fully saturated rings. The van der Waals surface area contributed by atoms with E-state index in [-0.39, 0.29) is 17.9 Å². The third-order valence-corrected chi connectivity index (χ3v) is 4.98. The molecule has 0 saturated carbocycles. The Bertz CT molecular complexity index is 685. The van der Waals surface area contributed by atoms with Gasteiger partial charge in [0.2, 0.25) is 5.91 Å². The van der Waals surface area contributed by atoms with Crippen LogP contribution in [0.4, 0.5) is 0 Å². The highest BCUT2D eigenvalue weighted by Crippen LogP contribution is 2.32. The highest BCUT2D eigenvalue weighted by molar-refractivity contribution is 5.86. The Labute approximate surface area is 154 Å². The fraction of sp³-hybridized carbons (Fsp3) is 0.500. The van der Waals surface area contributed by atoms with Crippen LogP contribution in [-0.4, -0.2) is 55.2 Å². The molecule has 1 saturated heterocycles. The van der Waals surface area contributed by atoms with E-state index in [0.717, 1.165) is 23.3 Å². The van der Waals surface area contributed by atoms with Crippen molar-refractivity contribution >= 4 is 11.8 Å². The first-order chi connectivity index (χ1) is 12.5. The van der Waals surface area contributed by atoms with Crippen LogP contribution >= 0.6 is 0 Å². The Hall–Kier alpha value is -2.34. The van der Waals surface area contributed by atoms with Crippen LogP contribution in [0.25, 0.3) is 0 Å². The minimum absolute atomic E-state index is 0.0120. The number of rotatable bonds is 4. The lowest BCUT2D eigenvalue weighted by atomic mass is 10.0. The molecule has 1 N–H and O–H groups in total. The molecule has 0 radical (unpaired) electrons. The molecule has 0 aromatic heterocycles. The minimum Gasteiger partial charge on any atom is -0.480 e. The van der Waals surface area contributed by atoms with Crippen molar-refractivity contribution in [3.63, 3.8) is 0 Å². The first-order valence-electron chi connectivity index (χ1n) is 9.05. The average molecular weight is 358 g/mol. The molecule has 2 atom stereocenters. The van der Waals surface area contributed by atoms with Crippen LogP contribution in [0.2, 0.25) is 0 Å². The molecular weight excluding hydrogens is 332 g/mol. The van der Waals surface area contributed by atoms with Gasteiger partial charge in [-0.2, -0.15) is 0 Å². The maximum Gasteiger partial charge on any atom is 0.264 e. The average Bonchev–Trinajstić information content (AvgIpc) is 2.88. The van der Waals surface area contributed by atoms with Crippen LogP contribution in [0.3, 0.4) is 0 Å². The van der Waals surface area contributed by atoms with Crippen molar-refractivity contribution in [2.24, 2.45) is 0 Å². The predicted octanol–water partition coefficient (Wildman–Crippen LogP) is 1.53. The van der Waals surface area contributed by atoms with Gasteiger partial charge in [0.1, 0.15) is 5.75 Å². The lowest BCUT2D eigenvalue weighted by molar-refractivity contribution is -0.138. The van der Waals surface area contributed by atoms with Gasteiger partial charge in [-0.25, -0.2) is 0 Å². The molecule has 0 bridgehead atoms. The summed E-state index contributed by atoms with van der Waals surface area (Å²) in [5.74, 6) is 0.561. The standard InChI is InChI=1S/C20H26N2O4/c1-4-19(23)21-11-16-12-22(6-5-7-25-16)20(24)18-10-15-8-13(2)14(3)9-17(15)26-18/h4,8-9,16,18H,1,5-7,10-12H2,2-3H3,(H,21,23). The van der Waals surface area contributed by atoms with Crippen molar-refractivity contribution in [3.05, 3.63) is 41.5 Å². The van der Waals surface area contributed by atoms with Crippen molar-refractivity contribution in [2.75, 3.05) is 26.2 Å². The molecule has 1 aromatic carbocycles. The normalized spacial score (nSPS) is 22.2. The third-order valence-electron chi connectivity index (χ3n) is 4.98. The van der Waals surface area contributed by atoms with Crippen LogP contribution in [0.5, 0.6) is 5.75 Å². The number of fused-ring (bicyclic) bond motifs is 1. The van der Waals surface area contributed by atoms with Crippen molar-refractivity contribution < 1.29 is 19.1 Å². The molecule has 6 heteroatoms. The van der Waals surface area contributed by atoms with E-state index in [1.165, 1.54) is 11.6 Å². The van der Waals surface area contributed by atoms with E-state index in [0.29, 0.717) is 32.7 Å². The molecule has 140 valence electrons. The number of hydrogen-bond donors (Lipinski definition) is 1. The van der Waals surface area contributed by atoms with Crippen LogP contribution in [0.1, 0.15) is 23.1 Å².